The number of hydrogen-bond acceptors (Lipinski definition) is 0. The van der Waals surface area contributed by atoms with Crippen molar-refractivity contribution in [2.24, 2.45) is 0 Å². The summed E-state index contributed by atoms with van der Waals surface area (Å²) in [5.41, 5.74) is 7.93. The Morgan fingerprint density at radius 1 is 0.821 bits per heavy atom. The van der Waals surface area contributed by atoms with Crippen LogP contribution in [0.3, 0.4) is 0 Å². The molecule has 28 heavy (non-hydrogen) atoms. The van der Waals surface area contributed by atoms with Gasteiger partial charge in [0.05, 0.1) is 0 Å². The fraction of sp³-hybridized carbons (Fsp3) is 0.357. The van der Waals surface area contributed by atoms with Crippen LogP contribution in [0.1, 0.15) is 76.0 Å². The van der Waals surface area contributed by atoms with Gasteiger partial charge in [-0.15, -0.1) is 0 Å². The second-order valence-electron chi connectivity index (χ2n) is 7.44. The molecule has 0 saturated heterocycles. The molecule has 0 nitrogen and oxygen atoms in total. The molecule has 1 unspecified atom stereocenters. The van der Waals surface area contributed by atoms with Gasteiger partial charge in [0, 0.05) is 5.92 Å². The van der Waals surface area contributed by atoms with E-state index in [1.165, 1.54) is 33.4 Å². The molecule has 0 fully saturated rings. The summed E-state index contributed by atoms with van der Waals surface area (Å²) in [6.45, 7) is 11.0. The van der Waals surface area contributed by atoms with Gasteiger partial charge in [0.15, 0.2) is 0 Å². The van der Waals surface area contributed by atoms with Gasteiger partial charge in [-0.2, -0.15) is 0 Å². The van der Waals surface area contributed by atoms with Crippen molar-refractivity contribution in [3.8, 4) is 11.1 Å². The highest BCUT2D eigenvalue weighted by molar-refractivity contribution is 5.78. The quantitative estimate of drug-likeness (QED) is 0.304. The molecule has 0 saturated carbocycles. The highest BCUT2D eigenvalue weighted by atomic mass is 14.1. The average molecular weight is 373 g/mol. The van der Waals surface area contributed by atoms with Crippen molar-refractivity contribution >= 4 is 5.57 Å². The lowest BCUT2D eigenvalue weighted by Gasteiger charge is -2.13. The zero-order valence-electron chi connectivity index (χ0n) is 18.3. The molecule has 0 spiro atoms. The lowest BCUT2D eigenvalue weighted by molar-refractivity contribution is 0.802. The molecule has 2 aromatic carbocycles. The summed E-state index contributed by atoms with van der Waals surface area (Å²) in [6.07, 6.45) is 15.8. The van der Waals surface area contributed by atoms with E-state index in [2.05, 4.69) is 107 Å². The standard InChI is InChI=1S/C28H36/c1-6-10-13-23(9-4)25-15-17-26(18-16-25)28-20-22(5)19-27(21-28)24(12-8-3)14-11-7-2/h10-21,23H,6-9H2,1-5H3. The van der Waals surface area contributed by atoms with Crippen LogP contribution in [0, 0.1) is 6.92 Å². The molecule has 0 N–H and O–H groups in total. The zero-order valence-corrected chi connectivity index (χ0v) is 18.3. The SMILES string of the molecule is CCC=CC(=CCC)c1cc(C)cc(-c2ccc(C(C=CCC)CC)cc2)c1. The number of aryl methyl sites for hydroxylation is 1. The predicted molar refractivity (Wildman–Crippen MR) is 127 cm³/mol. The molecule has 0 aliphatic rings. The van der Waals surface area contributed by atoms with Crippen LogP contribution in [0.15, 0.2) is 72.8 Å². The molecule has 0 amide bonds. The minimum Gasteiger partial charge on any atom is -0.0882 e. The highest BCUT2D eigenvalue weighted by Crippen LogP contribution is 2.29. The minimum absolute atomic E-state index is 0.514. The maximum absolute atomic E-state index is 2.35. The number of allylic oxidation sites excluding steroid dienone is 6. The van der Waals surface area contributed by atoms with E-state index >= 15 is 0 Å². The molecule has 0 aliphatic carbocycles. The summed E-state index contributed by atoms with van der Waals surface area (Å²) in [5.74, 6) is 0.514. The van der Waals surface area contributed by atoms with Crippen LogP contribution in [-0.4, -0.2) is 0 Å². The Balaban J connectivity index is 2.37. The van der Waals surface area contributed by atoms with Crippen LogP contribution >= 0.6 is 0 Å². The van der Waals surface area contributed by atoms with E-state index in [9.17, 15) is 0 Å². The Hall–Kier alpha value is -2.34. The lowest BCUT2D eigenvalue weighted by atomic mass is 9.92. The fourth-order valence-electron chi connectivity index (χ4n) is 3.57. The third-order valence-corrected chi connectivity index (χ3v) is 5.08. The van der Waals surface area contributed by atoms with E-state index in [0.717, 1.165) is 25.7 Å². The Kier molecular flexibility index (Phi) is 9.01. The van der Waals surface area contributed by atoms with Crippen molar-refractivity contribution in [1.82, 2.24) is 0 Å². The van der Waals surface area contributed by atoms with Crippen LogP contribution in [-0.2, 0) is 0 Å². The Bertz CT molecular complexity index is 816. The summed E-state index contributed by atoms with van der Waals surface area (Å²) < 4.78 is 0. The maximum Gasteiger partial charge on any atom is 0.00153 e. The van der Waals surface area contributed by atoms with E-state index < -0.39 is 0 Å². The van der Waals surface area contributed by atoms with E-state index in [-0.39, 0.29) is 0 Å². The second-order valence-corrected chi connectivity index (χ2v) is 7.44. The molecule has 0 aliphatic heterocycles. The van der Waals surface area contributed by atoms with E-state index in [0.29, 0.717) is 5.92 Å². The van der Waals surface area contributed by atoms with Gasteiger partial charge in [-0.3, -0.25) is 0 Å². The third kappa shape index (κ3) is 6.09. The first kappa shape index (κ1) is 22.0. The van der Waals surface area contributed by atoms with Gasteiger partial charge in [-0.1, -0.05) is 94.5 Å². The van der Waals surface area contributed by atoms with E-state index in [4.69, 9.17) is 0 Å². The topological polar surface area (TPSA) is 0 Å². The molecule has 0 heteroatoms. The van der Waals surface area contributed by atoms with Gasteiger partial charge in [-0.05, 0) is 72.1 Å². The molecule has 0 bridgehead atoms. The van der Waals surface area contributed by atoms with Crippen molar-refractivity contribution in [3.05, 3.63) is 89.5 Å². The summed E-state index contributed by atoms with van der Waals surface area (Å²) >= 11 is 0. The van der Waals surface area contributed by atoms with Crippen molar-refractivity contribution in [3.63, 3.8) is 0 Å². The van der Waals surface area contributed by atoms with E-state index in [1.54, 1.807) is 0 Å². The average Bonchev–Trinajstić information content (AvgIpc) is 2.71. The molecular formula is C28H36. The van der Waals surface area contributed by atoms with Crippen molar-refractivity contribution in [1.29, 1.82) is 0 Å². The first-order valence-electron chi connectivity index (χ1n) is 10.9. The first-order chi connectivity index (χ1) is 13.6. The van der Waals surface area contributed by atoms with Gasteiger partial charge < -0.3 is 0 Å². The molecule has 2 aromatic rings. The maximum atomic E-state index is 2.35. The monoisotopic (exact) mass is 372 g/mol. The molecule has 1 atom stereocenters. The molecule has 0 radical (unpaired) electrons. The summed E-state index contributed by atoms with van der Waals surface area (Å²) in [4.78, 5) is 0. The van der Waals surface area contributed by atoms with Crippen LogP contribution in [0.4, 0.5) is 0 Å². The summed E-state index contributed by atoms with van der Waals surface area (Å²) in [7, 11) is 0. The zero-order chi connectivity index (χ0) is 20.4. The lowest BCUT2D eigenvalue weighted by Crippen LogP contribution is -1.93. The van der Waals surface area contributed by atoms with Gasteiger partial charge in [0.1, 0.15) is 0 Å². The van der Waals surface area contributed by atoms with Gasteiger partial charge >= 0.3 is 0 Å². The molecular weight excluding hydrogens is 336 g/mol. The Morgan fingerprint density at radius 2 is 1.54 bits per heavy atom. The number of hydrogen-bond donors (Lipinski definition) is 0. The number of rotatable bonds is 9. The van der Waals surface area contributed by atoms with Crippen LogP contribution < -0.4 is 0 Å². The summed E-state index contributed by atoms with van der Waals surface area (Å²) in [5, 5.41) is 0. The van der Waals surface area contributed by atoms with Crippen molar-refractivity contribution in [2.45, 2.75) is 66.2 Å². The van der Waals surface area contributed by atoms with Crippen LogP contribution in [0.2, 0.25) is 0 Å². The normalized spacial score (nSPS) is 13.5. The molecule has 148 valence electrons. The molecule has 0 aromatic heterocycles. The summed E-state index contributed by atoms with van der Waals surface area (Å²) in [6, 6.07) is 16.1. The predicted octanol–water partition coefficient (Wildman–Crippen LogP) is 8.88. The Morgan fingerprint density at radius 3 is 2.14 bits per heavy atom. The molecule has 0 heterocycles. The molecule has 2 rings (SSSR count). The van der Waals surface area contributed by atoms with Crippen LogP contribution in [0.25, 0.3) is 16.7 Å². The Labute approximate surface area is 172 Å². The van der Waals surface area contributed by atoms with Gasteiger partial charge in [0.2, 0.25) is 0 Å². The number of benzene rings is 2. The minimum atomic E-state index is 0.514. The van der Waals surface area contributed by atoms with Crippen molar-refractivity contribution < 1.29 is 0 Å². The van der Waals surface area contributed by atoms with Crippen molar-refractivity contribution in [2.75, 3.05) is 0 Å². The second kappa shape index (κ2) is 11.5. The fourth-order valence-corrected chi connectivity index (χ4v) is 3.57. The third-order valence-electron chi connectivity index (χ3n) is 5.08. The van der Waals surface area contributed by atoms with E-state index in [1.807, 2.05) is 0 Å². The van der Waals surface area contributed by atoms with Crippen LogP contribution in [0.5, 0.6) is 0 Å². The van der Waals surface area contributed by atoms with Gasteiger partial charge in [0.25, 0.3) is 0 Å². The smallest absolute Gasteiger partial charge is 0.00153 e. The highest BCUT2D eigenvalue weighted by Gasteiger charge is 2.08. The van der Waals surface area contributed by atoms with Gasteiger partial charge in [-0.25, -0.2) is 0 Å². The largest absolute Gasteiger partial charge is 0.0882 e. The first-order valence-corrected chi connectivity index (χ1v) is 10.9.